The fraction of sp³-hybridized carbons (Fsp3) is 0. The fourth-order valence-electron chi connectivity index (χ4n) is 0.589. The van der Waals surface area contributed by atoms with E-state index < -0.39 is 0 Å². The van der Waals surface area contributed by atoms with Crippen molar-refractivity contribution >= 4 is 6.08 Å². The van der Waals surface area contributed by atoms with E-state index in [1.54, 1.807) is 0 Å². The molecule has 0 saturated heterocycles. The molecule has 0 aromatic heterocycles. The van der Waals surface area contributed by atoms with Crippen LogP contribution >= 0.6 is 0 Å². The second-order valence-electron chi connectivity index (χ2n) is 1.61. The molecule has 0 aliphatic carbocycles. The van der Waals surface area contributed by atoms with E-state index in [2.05, 4.69) is 6.58 Å². The van der Waals surface area contributed by atoms with Gasteiger partial charge in [-0.3, -0.25) is 0 Å². The molecule has 0 atom stereocenters. The Balaban J connectivity index is 0. The van der Waals surface area contributed by atoms with Gasteiger partial charge in [0.25, 0.3) is 0 Å². The van der Waals surface area contributed by atoms with E-state index in [4.69, 9.17) is 0 Å². The van der Waals surface area contributed by atoms with Crippen LogP contribution in [0.3, 0.4) is 0 Å². The molecule has 2 N–H and O–H groups in total. The van der Waals surface area contributed by atoms with Crippen LogP contribution in [0.4, 0.5) is 0 Å². The molecule has 0 unspecified atom stereocenters. The summed E-state index contributed by atoms with van der Waals surface area (Å²) in [6, 6.07) is 10.0. The molecule has 1 aromatic rings. The summed E-state index contributed by atoms with van der Waals surface area (Å²) in [4.78, 5) is 0. The Morgan fingerprint density at radius 2 is 1.60 bits per heavy atom. The van der Waals surface area contributed by atoms with Crippen LogP contribution in [0.5, 0.6) is 0 Å². The molecule has 0 bridgehead atoms. The zero-order valence-electron chi connectivity index (χ0n) is 5.52. The molecule has 0 fully saturated rings. The van der Waals surface area contributed by atoms with Crippen LogP contribution in [-0.4, -0.2) is 5.48 Å². The third-order valence-corrected chi connectivity index (χ3v) is 1.04. The summed E-state index contributed by atoms with van der Waals surface area (Å²) in [6.45, 7) is 3.63. The van der Waals surface area contributed by atoms with Crippen molar-refractivity contribution in [2.45, 2.75) is 0 Å². The quantitative estimate of drug-likeness (QED) is 0.583. The van der Waals surface area contributed by atoms with Crippen molar-refractivity contribution in [3.8, 4) is 0 Å². The van der Waals surface area contributed by atoms with Gasteiger partial charge in [-0.25, -0.2) is 0 Å². The monoisotopic (exact) mass is 178 g/mol. The van der Waals surface area contributed by atoms with E-state index in [1.807, 2.05) is 36.4 Å². The number of hydrogen-bond acceptors (Lipinski definition) is 0. The molecule has 56 valence electrons. The first-order chi connectivity index (χ1) is 3.93. The SMILES string of the molecule is C=Cc1ccccc1.O.[Fe]. The number of benzene rings is 1. The molecule has 0 amide bonds. The van der Waals surface area contributed by atoms with E-state index >= 15 is 0 Å². The molecule has 0 saturated carbocycles. The maximum atomic E-state index is 3.63. The van der Waals surface area contributed by atoms with Crippen LogP contribution in [0, 0.1) is 0 Å². The first-order valence-corrected chi connectivity index (χ1v) is 2.61. The maximum Gasteiger partial charge on any atom is 0 e. The smallest absolute Gasteiger partial charge is 0 e. The van der Waals surface area contributed by atoms with Crippen LogP contribution in [0.15, 0.2) is 36.9 Å². The molecule has 0 aliphatic rings. The fourth-order valence-corrected chi connectivity index (χ4v) is 0.589. The largest absolute Gasteiger partial charge is 0.412 e. The number of hydrogen-bond donors (Lipinski definition) is 0. The maximum absolute atomic E-state index is 3.63. The van der Waals surface area contributed by atoms with Crippen molar-refractivity contribution in [3.63, 3.8) is 0 Å². The predicted molar refractivity (Wildman–Crippen MR) is 40.1 cm³/mol. The van der Waals surface area contributed by atoms with Crippen molar-refractivity contribution in [1.29, 1.82) is 0 Å². The Labute approximate surface area is 71.5 Å². The van der Waals surface area contributed by atoms with Gasteiger partial charge in [-0.1, -0.05) is 43.0 Å². The molecule has 0 heterocycles. The Bertz CT molecular complexity index is 172. The average molecular weight is 178 g/mol. The van der Waals surface area contributed by atoms with Crippen molar-refractivity contribution < 1.29 is 22.5 Å². The third kappa shape index (κ3) is 3.46. The zero-order chi connectivity index (χ0) is 5.82. The summed E-state index contributed by atoms with van der Waals surface area (Å²) in [5, 5.41) is 0. The first-order valence-electron chi connectivity index (χ1n) is 2.61. The van der Waals surface area contributed by atoms with Crippen LogP contribution < -0.4 is 0 Å². The van der Waals surface area contributed by atoms with Gasteiger partial charge in [0.15, 0.2) is 0 Å². The number of rotatable bonds is 1. The van der Waals surface area contributed by atoms with Crippen molar-refractivity contribution in [2.75, 3.05) is 0 Å². The van der Waals surface area contributed by atoms with E-state index in [9.17, 15) is 0 Å². The summed E-state index contributed by atoms with van der Waals surface area (Å²) in [6.07, 6.45) is 1.83. The minimum Gasteiger partial charge on any atom is -0.412 e. The Morgan fingerprint density at radius 1 is 1.10 bits per heavy atom. The Kier molecular flexibility index (Phi) is 7.97. The molecular weight excluding hydrogens is 168 g/mol. The average Bonchev–Trinajstić information content (AvgIpc) is 1.90. The molecule has 10 heavy (non-hydrogen) atoms. The van der Waals surface area contributed by atoms with Gasteiger partial charge in [-0.05, 0) is 5.56 Å². The van der Waals surface area contributed by atoms with Gasteiger partial charge in [-0.15, -0.1) is 0 Å². The predicted octanol–water partition coefficient (Wildman–Crippen LogP) is 1.50. The van der Waals surface area contributed by atoms with Crippen molar-refractivity contribution in [1.82, 2.24) is 0 Å². The minimum atomic E-state index is 0. The van der Waals surface area contributed by atoms with Crippen molar-refractivity contribution in [3.05, 3.63) is 42.5 Å². The summed E-state index contributed by atoms with van der Waals surface area (Å²) in [5.41, 5.74) is 1.17. The molecule has 0 aliphatic heterocycles. The third-order valence-electron chi connectivity index (χ3n) is 1.04. The Hall–Kier alpha value is -0.561. The van der Waals surface area contributed by atoms with Crippen LogP contribution in [-0.2, 0) is 17.1 Å². The van der Waals surface area contributed by atoms with Crippen LogP contribution in [0.2, 0.25) is 0 Å². The van der Waals surface area contributed by atoms with Gasteiger partial charge >= 0.3 is 0 Å². The topological polar surface area (TPSA) is 31.5 Å². The summed E-state index contributed by atoms with van der Waals surface area (Å²) in [7, 11) is 0. The Morgan fingerprint density at radius 3 is 1.90 bits per heavy atom. The van der Waals surface area contributed by atoms with Gasteiger partial charge in [-0.2, -0.15) is 0 Å². The first kappa shape index (κ1) is 12.1. The standard InChI is InChI=1S/C8H8.Fe.H2O/c1-2-8-6-4-3-5-7-8;;/h2-7H,1H2;;1H2. The van der Waals surface area contributed by atoms with Gasteiger partial charge in [0, 0.05) is 17.1 Å². The van der Waals surface area contributed by atoms with Crippen molar-refractivity contribution in [2.24, 2.45) is 0 Å². The molecule has 0 radical (unpaired) electrons. The van der Waals surface area contributed by atoms with Crippen LogP contribution in [0.25, 0.3) is 6.08 Å². The van der Waals surface area contributed by atoms with Gasteiger partial charge in [0.2, 0.25) is 0 Å². The van der Waals surface area contributed by atoms with E-state index in [0.29, 0.717) is 0 Å². The molecular formula is C8H10FeO. The second kappa shape index (κ2) is 6.56. The normalized spacial score (nSPS) is 6.80. The van der Waals surface area contributed by atoms with Gasteiger partial charge < -0.3 is 5.48 Å². The molecule has 2 heteroatoms. The van der Waals surface area contributed by atoms with Gasteiger partial charge in [0.05, 0.1) is 0 Å². The molecule has 1 rings (SSSR count). The molecule has 0 spiro atoms. The van der Waals surface area contributed by atoms with Gasteiger partial charge in [0.1, 0.15) is 0 Å². The van der Waals surface area contributed by atoms with E-state index in [-0.39, 0.29) is 22.5 Å². The zero-order valence-corrected chi connectivity index (χ0v) is 6.63. The summed E-state index contributed by atoms with van der Waals surface area (Å²) >= 11 is 0. The summed E-state index contributed by atoms with van der Waals surface area (Å²) < 4.78 is 0. The molecule has 1 nitrogen and oxygen atoms in total. The van der Waals surface area contributed by atoms with E-state index in [0.717, 1.165) is 0 Å². The van der Waals surface area contributed by atoms with Crippen LogP contribution in [0.1, 0.15) is 5.56 Å². The minimum absolute atomic E-state index is 0. The van der Waals surface area contributed by atoms with E-state index in [1.165, 1.54) is 5.56 Å². The second-order valence-corrected chi connectivity index (χ2v) is 1.61. The summed E-state index contributed by atoms with van der Waals surface area (Å²) in [5.74, 6) is 0. The molecule has 1 aromatic carbocycles.